The molecule has 0 aromatic heterocycles. The molecule has 0 unspecified atom stereocenters. The van der Waals surface area contributed by atoms with Gasteiger partial charge in [0.15, 0.2) is 0 Å². The number of ether oxygens (including phenoxy) is 1. The standard InChI is InChI=1S/C11H23NO/c1-3-11(6-4-5-7-11)10-12-8-9-13-2/h12H,3-10H2,1-2H3. The molecule has 1 aliphatic rings. The van der Waals surface area contributed by atoms with Crippen LogP contribution in [0.3, 0.4) is 0 Å². The maximum absolute atomic E-state index is 5.01. The van der Waals surface area contributed by atoms with Gasteiger partial charge in [-0.1, -0.05) is 19.8 Å². The van der Waals surface area contributed by atoms with Gasteiger partial charge in [0.25, 0.3) is 0 Å². The molecule has 0 bridgehead atoms. The molecule has 1 aliphatic carbocycles. The Kier molecular flexibility index (Phi) is 4.74. The summed E-state index contributed by atoms with van der Waals surface area (Å²) in [4.78, 5) is 0. The highest BCUT2D eigenvalue weighted by Gasteiger charge is 2.31. The van der Waals surface area contributed by atoms with E-state index in [0.29, 0.717) is 5.41 Å². The van der Waals surface area contributed by atoms with Gasteiger partial charge in [0.2, 0.25) is 0 Å². The van der Waals surface area contributed by atoms with E-state index in [2.05, 4.69) is 12.2 Å². The Morgan fingerprint density at radius 3 is 2.54 bits per heavy atom. The van der Waals surface area contributed by atoms with E-state index in [-0.39, 0.29) is 0 Å². The summed E-state index contributed by atoms with van der Waals surface area (Å²) in [6.45, 7) is 5.34. The number of rotatable bonds is 6. The fraction of sp³-hybridized carbons (Fsp3) is 1.00. The molecule has 78 valence electrons. The molecule has 1 saturated carbocycles. The molecule has 0 aliphatic heterocycles. The van der Waals surface area contributed by atoms with Crippen molar-refractivity contribution in [2.45, 2.75) is 39.0 Å². The van der Waals surface area contributed by atoms with E-state index < -0.39 is 0 Å². The van der Waals surface area contributed by atoms with Gasteiger partial charge < -0.3 is 10.1 Å². The molecule has 0 heterocycles. The third-order valence-corrected chi connectivity index (χ3v) is 3.40. The Balaban J connectivity index is 2.16. The molecular weight excluding hydrogens is 162 g/mol. The van der Waals surface area contributed by atoms with Crippen LogP contribution in [0.1, 0.15) is 39.0 Å². The molecule has 0 aromatic carbocycles. The van der Waals surface area contributed by atoms with E-state index in [9.17, 15) is 0 Å². The predicted molar refractivity (Wildman–Crippen MR) is 55.9 cm³/mol. The molecule has 0 spiro atoms. The van der Waals surface area contributed by atoms with Crippen molar-refractivity contribution in [3.8, 4) is 0 Å². The molecule has 0 amide bonds. The average molecular weight is 185 g/mol. The van der Waals surface area contributed by atoms with Gasteiger partial charge in [-0.3, -0.25) is 0 Å². The van der Waals surface area contributed by atoms with Crippen LogP contribution in [0.5, 0.6) is 0 Å². The number of methoxy groups -OCH3 is 1. The fourth-order valence-electron chi connectivity index (χ4n) is 2.31. The minimum absolute atomic E-state index is 0.619. The minimum Gasteiger partial charge on any atom is -0.383 e. The van der Waals surface area contributed by atoms with Gasteiger partial charge in [0, 0.05) is 20.2 Å². The zero-order chi connectivity index (χ0) is 9.57. The largest absolute Gasteiger partial charge is 0.383 e. The van der Waals surface area contributed by atoms with Crippen LogP contribution in [-0.2, 0) is 4.74 Å². The lowest BCUT2D eigenvalue weighted by Crippen LogP contribution is -2.33. The summed E-state index contributed by atoms with van der Waals surface area (Å²) in [7, 11) is 1.76. The van der Waals surface area contributed by atoms with Gasteiger partial charge in [0.05, 0.1) is 6.61 Å². The first-order valence-electron chi connectivity index (χ1n) is 5.53. The zero-order valence-corrected chi connectivity index (χ0v) is 9.07. The van der Waals surface area contributed by atoms with E-state index in [0.717, 1.165) is 13.2 Å². The van der Waals surface area contributed by atoms with E-state index in [1.165, 1.54) is 38.6 Å². The lowest BCUT2D eigenvalue weighted by molar-refractivity contribution is 0.189. The first kappa shape index (κ1) is 11.0. The van der Waals surface area contributed by atoms with Crippen molar-refractivity contribution in [2.24, 2.45) is 5.41 Å². The summed E-state index contributed by atoms with van der Waals surface area (Å²) in [6, 6.07) is 0. The normalized spacial score (nSPS) is 20.8. The summed E-state index contributed by atoms with van der Waals surface area (Å²) in [6.07, 6.45) is 7.03. The molecule has 0 saturated heterocycles. The van der Waals surface area contributed by atoms with Gasteiger partial charge >= 0.3 is 0 Å². The summed E-state index contributed by atoms with van der Waals surface area (Å²) >= 11 is 0. The van der Waals surface area contributed by atoms with Gasteiger partial charge in [-0.25, -0.2) is 0 Å². The Bertz CT molecular complexity index is 130. The van der Waals surface area contributed by atoms with Crippen LogP contribution in [0.25, 0.3) is 0 Å². The maximum atomic E-state index is 5.01. The van der Waals surface area contributed by atoms with E-state index in [1.807, 2.05) is 0 Å². The van der Waals surface area contributed by atoms with Crippen LogP contribution in [0.4, 0.5) is 0 Å². The molecule has 0 atom stereocenters. The molecular formula is C11H23NO. The first-order chi connectivity index (χ1) is 6.33. The zero-order valence-electron chi connectivity index (χ0n) is 9.07. The van der Waals surface area contributed by atoms with E-state index in [1.54, 1.807) is 7.11 Å². The molecule has 2 nitrogen and oxygen atoms in total. The Labute approximate surface area is 82.0 Å². The van der Waals surface area contributed by atoms with Crippen molar-refractivity contribution in [3.05, 3.63) is 0 Å². The van der Waals surface area contributed by atoms with Crippen molar-refractivity contribution in [2.75, 3.05) is 26.8 Å². The molecule has 1 fully saturated rings. The van der Waals surface area contributed by atoms with Gasteiger partial charge in [-0.15, -0.1) is 0 Å². The summed E-state index contributed by atoms with van der Waals surface area (Å²) in [5.74, 6) is 0. The quantitative estimate of drug-likeness (QED) is 0.640. The van der Waals surface area contributed by atoms with E-state index >= 15 is 0 Å². The molecule has 1 N–H and O–H groups in total. The van der Waals surface area contributed by atoms with Crippen molar-refractivity contribution >= 4 is 0 Å². The molecule has 0 radical (unpaired) electrons. The van der Waals surface area contributed by atoms with Gasteiger partial charge in [0.1, 0.15) is 0 Å². The Hall–Kier alpha value is -0.0800. The van der Waals surface area contributed by atoms with Crippen LogP contribution in [0, 0.1) is 5.41 Å². The second kappa shape index (κ2) is 5.61. The predicted octanol–water partition coefficient (Wildman–Crippen LogP) is 2.19. The van der Waals surface area contributed by atoms with Crippen molar-refractivity contribution < 1.29 is 4.74 Å². The smallest absolute Gasteiger partial charge is 0.0587 e. The molecule has 2 heteroatoms. The fourth-order valence-corrected chi connectivity index (χ4v) is 2.31. The minimum atomic E-state index is 0.619. The van der Waals surface area contributed by atoms with Crippen molar-refractivity contribution in [3.63, 3.8) is 0 Å². The number of nitrogens with one attached hydrogen (secondary N) is 1. The molecule has 1 rings (SSSR count). The Morgan fingerprint density at radius 1 is 1.31 bits per heavy atom. The Morgan fingerprint density at radius 2 is 2.00 bits per heavy atom. The topological polar surface area (TPSA) is 21.3 Å². The molecule has 0 aromatic rings. The van der Waals surface area contributed by atoms with E-state index in [4.69, 9.17) is 4.74 Å². The maximum Gasteiger partial charge on any atom is 0.0587 e. The SMILES string of the molecule is CCC1(CNCCOC)CCCC1. The summed E-state index contributed by atoms with van der Waals surface area (Å²) < 4.78 is 5.01. The summed E-state index contributed by atoms with van der Waals surface area (Å²) in [5.41, 5.74) is 0.619. The lowest BCUT2D eigenvalue weighted by Gasteiger charge is -2.27. The highest BCUT2D eigenvalue weighted by Crippen LogP contribution is 2.40. The summed E-state index contributed by atoms with van der Waals surface area (Å²) in [5, 5.41) is 3.50. The van der Waals surface area contributed by atoms with Gasteiger partial charge in [-0.2, -0.15) is 0 Å². The third-order valence-electron chi connectivity index (χ3n) is 3.40. The van der Waals surface area contributed by atoms with Crippen molar-refractivity contribution in [1.29, 1.82) is 0 Å². The third kappa shape index (κ3) is 3.28. The first-order valence-corrected chi connectivity index (χ1v) is 5.53. The van der Waals surface area contributed by atoms with Crippen molar-refractivity contribution in [1.82, 2.24) is 5.32 Å². The highest BCUT2D eigenvalue weighted by molar-refractivity contribution is 4.85. The number of hydrogen-bond donors (Lipinski definition) is 1. The van der Waals surface area contributed by atoms with Crippen LogP contribution < -0.4 is 5.32 Å². The highest BCUT2D eigenvalue weighted by atomic mass is 16.5. The van der Waals surface area contributed by atoms with Crippen LogP contribution >= 0.6 is 0 Å². The van der Waals surface area contributed by atoms with Gasteiger partial charge in [-0.05, 0) is 24.7 Å². The second-order valence-electron chi connectivity index (χ2n) is 4.23. The average Bonchev–Trinajstić information content (AvgIpc) is 2.62. The van der Waals surface area contributed by atoms with Crippen LogP contribution in [0.15, 0.2) is 0 Å². The second-order valence-corrected chi connectivity index (χ2v) is 4.23. The monoisotopic (exact) mass is 185 g/mol. The number of hydrogen-bond acceptors (Lipinski definition) is 2. The van der Waals surface area contributed by atoms with Crippen LogP contribution in [-0.4, -0.2) is 26.8 Å². The van der Waals surface area contributed by atoms with Crippen LogP contribution in [0.2, 0.25) is 0 Å². The lowest BCUT2D eigenvalue weighted by atomic mass is 9.83. The molecule has 13 heavy (non-hydrogen) atoms.